The summed E-state index contributed by atoms with van der Waals surface area (Å²) in [6.45, 7) is 0. The molecule has 0 aliphatic rings. The van der Waals surface area contributed by atoms with Crippen molar-refractivity contribution in [3.8, 4) is 0 Å². The molecule has 0 atom stereocenters. The van der Waals surface area contributed by atoms with E-state index in [0.29, 0.717) is 5.69 Å². The van der Waals surface area contributed by atoms with Crippen molar-refractivity contribution in [2.24, 2.45) is 0 Å². The van der Waals surface area contributed by atoms with Gasteiger partial charge in [0.05, 0.1) is 27.7 Å². The normalized spacial score (nSPS) is 11.8. The molecule has 1 N–H and O–H groups in total. The van der Waals surface area contributed by atoms with Crippen LogP contribution in [0.4, 0.5) is 5.69 Å². The van der Waals surface area contributed by atoms with Crippen LogP contribution in [0.15, 0.2) is 23.7 Å². The number of hydrogen-bond donors (Lipinski definition) is 1. The summed E-state index contributed by atoms with van der Waals surface area (Å²) in [6.07, 6.45) is 1.13. The van der Waals surface area contributed by atoms with Crippen LogP contribution in [0.3, 0.4) is 0 Å². The first kappa shape index (κ1) is 9.42. The fourth-order valence-corrected chi connectivity index (χ4v) is 2.40. The number of benzene rings is 1. The van der Waals surface area contributed by atoms with Crippen LogP contribution in [0.1, 0.15) is 0 Å². The highest BCUT2D eigenvalue weighted by Crippen LogP contribution is 2.22. The Hall–Kier alpha value is -1.14. The van der Waals surface area contributed by atoms with Crippen LogP contribution in [0, 0.1) is 0 Å². The van der Waals surface area contributed by atoms with Crippen LogP contribution in [-0.2, 0) is 10.0 Å². The second-order valence-corrected chi connectivity index (χ2v) is 5.54. The smallest absolute Gasteiger partial charge is 0.229 e. The first-order valence-electron chi connectivity index (χ1n) is 3.86. The molecule has 0 spiro atoms. The summed E-state index contributed by atoms with van der Waals surface area (Å²) in [6, 6.07) is 5.26. The van der Waals surface area contributed by atoms with Crippen LogP contribution in [-0.4, -0.2) is 19.7 Å². The lowest BCUT2D eigenvalue weighted by molar-refractivity contribution is 0.607. The van der Waals surface area contributed by atoms with Crippen molar-refractivity contribution in [2.45, 2.75) is 0 Å². The highest BCUT2D eigenvalue weighted by molar-refractivity contribution is 7.92. The third-order valence-corrected chi connectivity index (χ3v) is 3.03. The minimum absolute atomic E-state index is 0.573. The first-order chi connectivity index (χ1) is 6.54. The molecule has 1 aromatic heterocycles. The fraction of sp³-hybridized carbons (Fsp3) is 0.125. The number of hydrogen-bond acceptors (Lipinski definition) is 4. The maximum absolute atomic E-state index is 11.0. The first-order valence-corrected chi connectivity index (χ1v) is 6.63. The number of nitrogens with one attached hydrogen (secondary N) is 1. The number of nitrogens with zero attached hydrogens (tertiary/aromatic N) is 1. The Bertz CT molecular complexity index is 559. The fourth-order valence-electron chi connectivity index (χ4n) is 1.13. The summed E-state index contributed by atoms with van der Waals surface area (Å²) >= 11 is 1.48. The predicted octanol–water partition coefficient (Wildman–Crippen LogP) is 1.67. The topological polar surface area (TPSA) is 59.1 Å². The predicted molar refractivity (Wildman–Crippen MR) is 58.1 cm³/mol. The minimum atomic E-state index is -3.19. The van der Waals surface area contributed by atoms with Gasteiger partial charge >= 0.3 is 0 Å². The molecule has 2 rings (SSSR count). The molecule has 4 nitrogen and oxygen atoms in total. The van der Waals surface area contributed by atoms with Gasteiger partial charge in [0, 0.05) is 0 Å². The zero-order chi connectivity index (χ0) is 10.2. The molecule has 1 aromatic carbocycles. The summed E-state index contributed by atoms with van der Waals surface area (Å²) in [5.41, 5.74) is 3.19. The molecule has 0 saturated carbocycles. The van der Waals surface area contributed by atoms with Crippen molar-refractivity contribution >= 4 is 37.3 Å². The molecule has 0 amide bonds. The van der Waals surface area contributed by atoms with E-state index in [1.807, 2.05) is 0 Å². The van der Waals surface area contributed by atoms with Gasteiger partial charge in [0.1, 0.15) is 0 Å². The Balaban J connectivity index is 2.44. The molecular weight excluding hydrogens is 220 g/mol. The molecule has 2 aromatic rings. The Morgan fingerprint density at radius 2 is 2.21 bits per heavy atom. The van der Waals surface area contributed by atoms with Crippen LogP contribution >= 0.6 is 11.3 Å². The van der Waals surface area contributed by atoms with Crippen molar-refractivity contribution in [1.29, 1.82) is 0 Å². The van der Waals surface area contributed by atoms with Gasteiger partial charge in [-0.1, -0.05) is 0 Å². The highest BCUT2D eigenvalue weighted by Gasteiger charge is 2.03. The Morgan fingerprint density at radius 1 is 1.43 bits per heavy atom. The lowest BCUT2D eigenvalue weighted by Gasteiger charge is -2.02. The highest BCUT2D eigenvalue weighted by atomic mass is 32.2. The molecule has 0 saturated heterocycles. The van der Waals surface area contributed by atoms with Gasteiger partial charge < -0.3 is 0 Å². The maximum Gasteiger partial charge on any atom is 0.229 e. The van der Waals surface area contributed by atoms with Crippen LogP contribution in [0.25, 0.3) is 10.2 Å². The van der Waals surface area contributed by atoms with E-state index >= 15 is 0 Å². The zero-order valence-electron chi connectivity index (χ0n) is 7.39. The molecule has 1 heterocycles. The van der Waals surface area contributed by atoms with Gasteiger partial charge in [0.25, 0.3) is 0 Å². The molecule has 0 aliphatic carbocycles. The summed E-state index contributed by atoms with van der Waals surface area (Å²) in [5.74, 6) is 0. The van der Waals surface area contributed by atoms with Gasteiger partial charge in [-0.2, -0.15) is 0 Å². The third kappa shape index (κ3) is 2.02. The average Bonchev–Trinajstić information content (AvgIpc) is 2.47. The van der Waals surface area contributed by atoms with Gasteiger partial charge in [0.15, 0.2) is 0 Å². The van der Waals surface area contributed by atoms with Gasteiger partial charge in [0.2, 0.25) is 10.0 Å². The molecule has 0 radical (unpaired) electrons. The van der Waals surface area contributed by atoms with Crippen molar-refractivity contribution in [2.75, 3.05) is 11.0 Å². The number of thiazole rings is 1. The standard InChI is InChI=1S/C8H8N2O2S2/c1-14(11,12)10-6-2-3-7-8(4-6)13-5-9-7/h2-5,10H,1H3. The summed E-state index contributed by atoms with van der Waals surface area (Å²) in [5, 5.41) is 0. The molecule has 0 fully saturated rings. The summed E-state index contributed by atoms with van der Waals surface area (Å²) in [7, 11) is -3.19. The van der Waals surface area contributed by atoms with Gasteiger partial charge in [-0.05, 0) is 18.2 Å². The van der Waals surface area contributed by atoms with E-state index in [-0.39, 0.29) is 0 Å². The Kier molecular flexibility index (Phi) is 2.16. The Labute approximate surface area is 85.6 Å². The molecule has 14 heavy (non-hydrogen) atoms. The van der Waals surface area contributed by atoms with Crippen molar-refractivity contribution in [3.05, 3.63) is 23.7 Å². The molecule has 0 aliphatic heterocycles. The monoisotopic (exact) mass is 228 g/mol. The summed E-state index contributed by atoms with van der Waals surface area (Å²) < 4.78 is 25.3. The van der Waals surface area contributed by atoms with Gasteiger partial charge in [-0.25, -0.2) is 13.4 Å². The molecule has 0 unspecified atom stereocenters. The van der Waals surface area contributed by atoms with E-state index in [1.54, 1.807) is 23.7 Å². The number of anilines is 1. The van der Waals surface area contributed by atoms with E-state index in [1.165, 1.54) is 11.3 Å². The SMILES string of the molecule is CS(=O)(=O)Nc1ccc2ncsc2c1. The van der Waals surface area contributed by atoms with Crippen LogP contribution in [0.2, 0.25) is 0 Å². The van der Waals surface area contributed by atoms with Gasteiger partial charge in [-0.3, -0.25) is 4.72 Å². The molecule has 74 valence electrons. The Morgan fingerprint density at radius 3 is 2.93 bits per heavy atom. The second kappa shape index (κ2) is 3.21. The third-order valence-electron chi connectivity index (χ3n) is 1.63. The van der Waals surface area contributed by atoms with E-state index in [0.717, 1.165) is 16.5 Å². The largest absolute Gasteiger partial charge is 0.284 e. The number of fused-ring (bicyclic) bond motifs is 1. The number of aromatic nitrogens is 1. The van der Waals surface area contributed by atoms with Crippen molar-refractivity contribution in [1.82, 2.24) is 4.98 Å². The van der Waals surface area contributed by atoms with E-state index in [9.17, 15) is 8.42 Å². The van der Waals surface area contributed by atoms with Gasteiger partial charge in [-0.15, -0.1) is 11.3 Å². The molecule has 6 heteroatoms. The van der Waals surface area contributed by atoms with Crippen LogP contribution in [0.5, 0.6) is 0 Å². The van der Waals surface area contributed by atoms with Crippen molar-refractivity contribution < 1.29 is 8.42 Å². The lowest BCUT2D eigenvalue weighted by atomic mass is 10.3. The quantitative estimate of drug-likeness (QED) is 0.850. The van der Waals surface area contributed by atoms with E-state index in [2.05, 4.69) is 9.71 Å². The van der Waals surface area contributed by atoms with Crippen molar-refractivity contribution in [3.63, 3.8) is 0 Å². The second-order valence-electron chi connectivity index (χ2n) is 2.91. The van der Waals surface area contributed by atoms with E-state index in [4.69, 9.17) is 0 Å². The average molecular weight is 228 g/mol. The molecular formula is C8H8N2O2S2. The maximum atomic E-state index is 11.0. The number of sulfonamides is 1. The number of rotatable bonds is 2. The zero-order valence-corrected chi connectivity index (χ0v) is 9.02. The van der Waals surface area contributed by atoms with E-state index < -0.39 is 10.0 Å². The molecule has 0 bridgehead atoms. The summed E-state index contributed by atoms with van der Waals surface area (Å²) in [4.78, 5) is 4.10. The lowest BCUT2D eigenvalue weighted by Crippen LogP contribution is -2.09. The van der Waals surface area contributed by atoms with Crippen LogP contribution < -0.4 is 4.72 Å². The minimum Gasteiger partial charge on any atom is -0.284 e.